The van der Waals surface area contributed by atoms with Gasteiger partial charge >= 0.3 is 0 Å². The van der Waals surface area contributed by atoms with Gasteiger partial charge in [0.2, 0.25) is 0 Å². The maximum Gasteiger partial charge on any atom is 0.274 e. The van der Waals surface area contributed by atoms with E-state index in [4.69, 9.17) is 4.74 Å². The molecule has 6 rings (SSSR count). The SMILES string of the molecule is c1cc(-c2cnc(OC3C4CC5CC3CN(C5)C4)s2)cs1. The lowest BCUT2D eigenvalue weighted by atomic mass is 9.66. The summed E-state index contributed by atoms with van der Waals surface area (Å²) in [5, 5.41) is 5.15. The van der Waals surface area contributed by atoms with Crippen LogP contribution in [0.25, 0.3) is 10.4 Å². The van der Waals surface area contributed by atoms with Gasteiger partial charge in [-0.3, -0.25) is 0 Å². The number of hydrogen-bond donors (Lipinski definition) is 0. The Morgan fingerprint density at radius 1 is 1.19 bits per heavy atom. The first kappa shape index (κ1) is 12.6. The van der Waals surface area contributed by atoms with E-state index >= 15 is 0 Å². The molecule has 0 spiro atoms. The first-order valence-corrected chi connectivity index (χ1v) is 9.48. The van der Waals surface area contributed by atoms with Gasteiger partial charge in [0.05, 0.1) is 4.88 Å². The molecule has 3 nitrogen and oxygen atoms in total. The average molecular weight is 318 g/mol. The van der Waals surface area contributed by atoms with Crippen LogP contribution in [0.5, 0.6) is 5.19 Å². The van der Waals surface area contributed by atoms with Gasteiger partial charge in [-0.2, -0.15) is 11.3 Å². The molecule has 5 heteroatoms. The summed E-state index contributed by atoms with van der Waals surface area (Å²) in [6.45, 7) is 3.81. The second kappa shape index (κ2) is 4.80. The van der Waals surface area contributed by atoms with Crippen molar-refractivity contribution in [1.82, 2.24) is 9.88 Å². The Morgan fingerprint density at radius 2 is 2.05 bits per heavy atom. The predicted octanol–water partition coefficient (Wildman–Crippen LogP) is 3.59. The lowest BCUT2D eigenvalue weighted by Gasteiger charge is -2.55. The molecule has 2 aromatic rings. The molecular weight excluding hydrogens is 300 g/mol. The molecule has 1 aliphatic carbocycles. The van der Waals surface area contributed by atoms with Crippen LogP contribution in [0, 0.1) is 17.8 Å². The molecular formula is C16H18N2OS2. The molecule has 2 unspecified atom stereocenters. The van der Waals surface area contributed by atoms with E-state index in [1.54, 1.807) is 22.7 Å². The lowest BCUT2D eigenvalue weighted by Crippen LogP contribution is -2.61. The Morgan fingerprint density at radius 3 is 2.76 bits per heavy atom. The van der Waals surface area contributed by atoms with E-state index in [9.17, 15) is 0 Å². The summed E-state index contributed by atoms with van der Waals surface area (Å²) in [6.07, 6.45) is 5.09. The second-order valence-corrected chi connectivity index (χ2v) is 8.43. The van der Waals surface area contributed by atoms with Gasteiger partial charge in [0.25, 0.3) is 5.19 Å². The Labute approximate surface area is 132 Å². The van der Waals surface area contributed by atoms with Gasteiger partial charge in [-0.1, -0.05) is 11.3 Å². The van der Waals surface area contributed by atoms with E-state index in [-0.39, 0.29) is 0 Å². The molecule has 4 fully saturated rings. The highest BCUT2D eigenvalue weighted by atomic mass is 32.1. The van der Waals surface area contributed by atoms with Crippen molar-refractivity contribution in [1.29, 1.82) is 0 Å². The minimum atomic E-state index is 0.402. The van der Waals surface area contributed by atoms with Crippen molar-refractivity contribution in [3.63, 3.8) is 0 Å². The van der Waals surface area contributed by atoms with Gasteiger partial charge in [-0.15, -0.1) is 0 Å². The van der Waals surface area contributed by atoms with E-state index in [0.717, 1.165) is 22.9 Å². The highest BCUT2D eigenvalue weighted by molar-refractivity contribution is 7.17. The average Bonchev–Trinajstić information content (AvgIpc) is 3.13. The standard InChI is InChI=1S/C16H18N2OS2/c1-2-20-9-11(1)14-5-17-16(21-14)19-15-12-3-10-4-13(15)8-18(6-10)7-12/h1-2,5,9-10,12-13,15H,3-4,6-8H2. The minimum absolute atomic E-state index is 0.402. The maximum absolute atomic E-state index is 6.35. The minimum Gasteiger partial charge on any atom is -0.466 e. The van der Waals surface area contributed by atoms with Crippen LogP contribution >= 0.6 is 22.7 Å². The summed E-state index contributed by atoms with van der Waals surface area (Å²) < 4.78 is 6.35. The molecule has 2 atom stereocenters. The molecule has 0 radical (unpaired) electrons. The summed E-state index contributed by atoms with van der Waals surface area (Å²) in [7, 11) is 0. The smallest absolute Gasteiger partial charge is 0.274 e. The molecule has 2 aromatic heterocycles. The van der Waals surface area contributed by atoms with E-state index in [1.165, 1.54) is 42.9 Å². The quantitative estimate of drug-likeness (QED) is 0.865. The first-order valence-electron chi connectivity index (χ1n) is 7.72. The number of piperidine rings is 3. The number of rotatable bonds is 3. The highest BCUT2D eigenvalue weighted by Gasteiger charge is 2.48. The van der Waals surface area contributed by atoms with Crippen LogP contribution in [0.1, 0.15) is 12.8 Å². The number of nitrogens with zero attached hydrogens (tertiary/aromatic N) is 2. The lowest BCUT2D eigenvalue weighted by molar-refractivity contribution is -0.0985. The van der Waals surface area contributed by atoms with Crippen molar-refractivity contribution < 1.29 is 4.74 Å². The summed E-state index contributed by atoms with van der Waals surface area (Å²) >= 11 is 3.43. The van der Waals surface area contributed by atoms with Crippen molar-refractivity contribution in [3.05, 3.63) is 23.0 Å². The Kier molecular flexibility index (Phi) is 2.88. The Balaban J connectivity index is 1.36. The van der Waals surface area contributed by atoms with Crippen LogP contribution < -0.4 is 4.74 Å². The number of hydrogen-bond acceptors (Lipinski definition) is 5. The van der Waals surface area contributed by atoms with Gasteiger partial charge in [0, 0.05) is 43.2 Å². The molecule has 0 N–H and O–H groups in total. The number of thiazole rings is 1. The second-order valence-electron chi connectivity index (χ2n) is 6.66. The summed E-state index contributed by atoms with van der Waals surface area (Å²) in [6, 6.07) is 2.15. The molecule has 3 saturated heterocycles. The summed E-state index contributed by atoms with van der Waals surface area (Å²) in [5.41, 5.74) is 1.27. The third kappa shape index (κ3) is 2.14. The summed E-state index contributed by atoms with van der Waals surface area (Å²) in [5.74, 6) is 2.38. The first-order chi connectivity index (χ1) is 10.3. The van der Waals surface area contributed by atoms with Crippen molar-refractivity contribution in [3.8, 4) is 15.6 Å². The zero-order valence-corrected chi connectivity index (χ0v) is 13.4. The number of thiophene rings is 1. The topological polar surface area (TPSA) is 25.4 Å². The summed E-state index contributed by atoms with van der Waals surface area (Å²) in [4.78, 5) is 8.38. The molecule has 0 amide bonds. The van der Waals surface area contributed by atoms with Crippen molar-refractivity contribution >= 4 is 22.7 Å². The number of aromatic nitrogens is 1. The fourth-order valence-corrected chi connectivity index (χ4v) is 6.06. The van der Waals surface area contributed by atoms with Crippen molar-refractivity contribution in [2.45, 2.75) is 18.9 Å². The fraction of sp³-hybridized carbons (Fsp3) is 0.562. The molecule has 4 aliphatic rings. The molecule has 1 saturated carbocycles. The van der Waals surface area contributed by atoms with Crippen LogP contribution in [0.4, 0.5) is 0 Å². The predicted molar refractivity (Wildman–Crippen MR) is 86.0 cm³/mol. The highest BCUT2D eigenvalue weighted by Crippen LogP contribution is 2.45. The van der Waals surface area contributed by atoms with Gasteiger partial charge in [0.15, 0.2) is 0 Å². The largest absolute Gasteiger partial charge is 0.466 e. The Hall–Kier alpha value is -0.910. The van der Waals surface area contributed by atoms with E-state index < -0.39 is 0 Å². The van der Waals surface area contributed by atoms with E-state index in [1.807, 2.05) is 6.20 Å². The molecule has 4 bridgehead atoms. The van der Waals surface area contributed by atoms with Crippen LogP contribution in [0.15, 0.2) is 23.0 Å². The third-order valence-corrected chi connectivity index (χ3v) is 6.85. The Bertz CT molecular complexity index is 609. The molecule has 21 heavy (non-hydrogen) atoms. The zero-order valence-electron chi connectivity index (χ0n) is 11.8. The van der Waals surface area contributed by atoms with Crippen LogP contribution in [-0.4, -0.2) is 35.6 Å². The van der Waals surface area contributed by atoms with Gasteiger partial charge in [0.1, 0.15) is 6.10 Å². The van der Waals surface area contributed by atoms with Gasteiger partial charge in [-0.25, -0.2) is 4.98 Å². The molecule has 5 heterocycles. The van der Waals surface area contributed by atoms with Crippen LogP contribution in [-0.2, 0) is 0 Å². The molecule has 3 aliphatic heterocycles. The van der Waals surface area contributed by atoms with E-state index in [0.29, 0.717) is 6.10 Å². The fourth-order valence-electron chi connectivity index (χ4n) is 4.52. The number of ether oxygens (including phenoxy) is 1. The molecule has 0 aromatic carbocycles. The normalized spacial score (nSPS) is 37.0. The van der Waals surface area contributed by atoms with Gasteiger partial charge in [-0.05, 0) is 35.6 Å². The maximum atomic E-state index is 6.35. The monoisotopic (exact) mass is 318 g/mol. The van der Waals surface area contributed by atoms with Crippen molar-refractivity contribution in [2.75, 3.05) is 19.6 Å². The zero-order chi connectivity index (χ0) is 13.8. The third-order valence-electron chi connectivity index (χ3n) is 5.23. The van der Waals surface area contributed by atoms with Crippen LogP contribution in [0.3, 0.4) is 0 Å². The van der Waals surface area contributed by atoms with E-state index in [2.05, 4.69) is 26.7 Å². The molecule has 110 valence electrons. The van der Waals surface area contributed by atoms with Crippen LogP contribution in [0.2, 0.25) is 0 Å². The van der Waals surface area contributed by atoms with Crippen molar-refractivity contribution in [2.24, 2.45) is 17.8 Å². The van der Waals surface area contributed by atoms with Gasteiger partial charge < -0.3 is 9.64 Å².